The SMILES string of the molecule is O=C1CC(C(=O)O)(c2cc(F)c(F)c(F)c2)C1. The van der Waals surface area contributed by atoms with Crippen LogP contribution in [-0.4, -0.2) is 16.9 Å². The number of carbonyl (C=O) groups excluding carboxylic acids is 1. The molecule has 1 aromatic carbocycles. The summed E-state index contributed by atoms with van der Waals surface area (Å²) >= 11 is 0. The minimum absolute atomic E-state index is 0.221. The number of carboxylic acids is 1. The molecule has 0 atom stereocenters. The first-order chi connectivity index (χ1) is 7.86. The van der Waals surface area contributed by atoms with Crippen molar-refractivity contribution >= 4 is 11.8 Å². The van der Waals surface area contributed by atoms with Crippen molar-refractivity contribution in [2.24, 2.45) is 0 Å². The van der Waals surface area contributed by atoms with Gasteiger partial charge in [0, 0.05) is 12.8 Å². The van der Waals surface area contributed by atoms with Gasteiger partial charge in [-0.15, -0.1) is 0 Å². The smallest absolute Gasteiger partial charge is 0.315 e. The molecular weight excluding hydrogens is 237 g/mol. The summed E-state index contributed by atoms with van der Waals surface area (Å²) in [5.74, 6) is -6.22. The number of Topliss-reactive ketones (excluding diaryl/α,β-unsaturated/α-hetero) is 1. The van der Waals surface area contributed by atoms with E-state index >= 15 is 0 Å². The molecule has 0 amide bonds. The van der Waals surface area contributed by atoms with Crippen LogP contribution in [0.3, 0.4) is 0 Å². The molecule has 1 aromatic rings. The maximum Gasteiger partial charge on any atom is 0.315 e. The van der Waals surface area contributed by atoms with Crippen molar-refractivity contribution in [1.29, 1.82) is 0 Å². The van der Waals surface area contributed by atoms with Crippen LogP contribution < -0.4 is 0 Å². The minimum Gasteiger partial charge on any atom is -0.481 e. The number of halogens is 3. The Morgan fingerprint density at radius 3 is 2.00 bits per heavy atom. The van der Waals surface area contributed by atoms with E-state index in [1.54, 1.807) is 0 Å². The number of rotatable bonds is 2. The number of carboxylic acid groups (broad SMARTS) is 1. The molecule has 1 aliphatic rings. The molecule has 6 heteroatoms. The third kappa shape index (κ3) is 1.60. The fourth-order valence-electron chi connectivity index (χ4n) is 1.93. The molecule has 0 spiro atoms. The van der Waals surface area contributed by atoms with Crippen molar-refractivity contribution < 1.29 is 27.9 Å². The molecular formula is C11H7F3O3. The summed E-state index contributed by atoms with van der Waals surface area (Å²) < 4.78 is 38.7. The van der Waals surface area contributed by atoms with Gasteiger partial charge in [-0.2, -0.15) is 0 Å². The van der Waals surface area contributed by atoms with Crippen molar-refractivity contribution in [3.05, 3.63) is 35.1 Å². The maximum absolute atomic E-state index is 13.0. The van der Waals surface area contributed by atoms with Crippen molar-refractivity contribution in [3.63, 3.8) is 0 Å². The van der Waals surface area contributed by atoms with E-state index < -0.39 is 28.8 Å². The summed E-state index contributed by atoms with van der Waals surface area (Å²) in [4.78, 5) is 22.0. The van der Waals surface area contributed by atoms with Crippen LogP contribution in [-0.2, 0) is 15.0 Å². The highest BCUT2D eigenvalue weighted by molar-refractivity contribution is 6.01. The van der Waals surface area contributed by atoms with Crippen molar-refractivity contribution in [2.75, 3.05) is 0 Å². The first-order valence-electron chi connectivity index (χ1n) is 4.77. The molecule has 0 aliphatic heterocycles. The van der Waals surface area contributed by atoms with E-state index in [0.29, 0.717) is 12.1 Å². The van der Waals surface area contributed by atoms with Gasteiger partial charge < -0.3 is 5.11 Å². The quantitative estimate of drug-likeness (QED) is 0.807. The predicted molar refractivity (Wildman–Crippen MR) is 49.9 cm³/mol. The van der Waals surface area contributed by atoms with Crippen molar-refractivity contribution in [3.8, 4) is 0 Å². The van der Waals surface area contributed by atoms with E-state index in [4.69, 9.17) is 5.11 Å². The molecule has 1 fully saturated rings. The molecule has 17 heavy (non-hydrogen) atoms. The maximum atomic E-state index is 13.0. The standard InChI is InChI=1S/C11H7F3O3/c12-7-1-5(2-8(13)9(7)14)11(10(16)17)3-6(15)4-11/h1-2H,3-4H2,(H,16,17). The minimum atomic E-state index is -1.65. The Morgan fingerprint density at radius 1 is 1.18 bits per heavy atom. The van der Waals surface area contributed by atoms with Crippen LogP contribution in [0.25, 0.3) is 0 Å². The van der Waals surface area contributed by atoms with Crippen LogP contribution in [0, 0.1) is 17.5 Å². The Balaban J connectivity index is 2.53. The van der Waals surface area contributed by atoms with Gasteiger partial charge in [-0.1, -0.05) is 0 Å². The zero-order valence-corrected chi connectivity index (χ0v) is 8.47. The van der Waals surface area contributed by atoms with Crippen molar-refractivity contribution in [2.45, 2.75) is 18.3 Å². The van der Waals surface area contributed by atoms with Gasteiger partial charge in [0.25, 0.3) is 0 Å². The van der Waals surface area contributed by atoms with Gasteiger partial charge in [0.1, 0.15) is 11.2 Å². The van der Waals surface area contributed by atoms with Crippen LogP contribution in [0.15, 0.2) is 12.1 Å². The van der Waals surface area contributed by atoms with E-state index in [9.17, 15) is 22.8 Å². The number of hydrogen-bond donors (Lipinski definition) is 1. The first-order valence-corrected chi connectivity index (χ1v) is 4.77. The zero-order chi connectivity index (χ0) is 12.8. The number of benzene rings is 1. The Kier molecular flexibility index (Phi) is 2.45. The summed E-state index contributed by atoms with van der Waals surface area (Å²) in [5.41, 5.74) is -1.84. The molecule has 0 bridgehead atoms. The van der Waals surface area contributed by atoms with Crippen LogP contribution in [0.4, 0.5) is 13.2 Å². The third-order valence-corrected chi connectivity index (χ3v) is 2.94. The molecule has 0 radical (unpaired) electrons. The molecule has 0 heterocycles. The number of hydrogen-bond acceptors (Lipinski definition) is 2. The zero-order valence-electron chi connectivity index (χ0n) is 8.47. The summed E-state index contributed by atoms with van der Waals surface area (Å²) in [5, 5.41) is 9.02. The average molecular weight is 244 g/mol. The highest BCUT2D eigenvalue weighted by atomic mass is 19.2. The molecule has 90 valence electrons. The van der Waals surface area contributed by atoms with E-state index in [0.717, 1.165) is 0 Å². The third-order valence-electron chi connectivity index (χ3n) is 2.94. The second-order valence-corrected chi connectivity index (χ2v) is 4.03. The number of ketones is 1. The lowest BCUT2D eigenvalue weighted by Crippen LogP contribution is -2.48. The summed E-state index contributed by atoms with van der Waals surface area (Å²) in [6.45, 7) is 0. The Morgan fingerprint density at radius 2 is 1.65 bits per heavy atom. The van der Waals surface area contributed by atoms with E-state index in [2.05, 4.69) is 0 Å². The molecule has 0 saturated heterocycles. The number of carbonyl (C=O) groups is 2. The van der Waals surface area contributed by atoms with Gasteiger partial charge in [0.15, 0.2) is 17.5 Å². The summed E-state index contributed by atoms with van der Waals surface area (Å²) in [6, 6.07) is 1.25. The molecule has 1 saturated carbocycles. The largest absolute Gasteiger partial charge is 0.481 e. The average Bonchev–Trinajstić information content (AvgIpc) is 2.19. The molecule has 1 N–H and O–H groups in total. The number of aliphatic carboxylic acids is 1. The van der Waals surface area contributed by atoms with Crippen LogP contribution in [0.1, 0.15) is 18.4 Å². The fourth-order valence-corrected chi connectivity index (χ4v) is 1.93. The van der Waals surface area contributed by atoms with Gasteiger partial charge >= 0.3 is 5.97 Å². The van der Waals surface area contributed by atoms with Gasteiger partial charge in [0.05, 0.1) is 0 Å². The topological polar surface area (TPSA) is 54.4 Å². The lowest BCUT2D eigenvalue weighted by atomic mass is 9.63. The lowest BCUT2D eigenvalue weighted by molar-refractivity contribution is -0.153. The second-order valence-electron chi connectivity index (χ2n) is 4.03. The first kappa shape index (κ1) is 11.6. The summed E-state index contributed by atoms with van der Waals surface area (Å²) in [6.07, 6.45) is -0.653. The van der Waals surface area contributed by atoms with Gasteiger partial charge in [0.2, 0.25) is 0 Å². The molecule has 2 rings (SSSR count). The fraction of sp³-hybridized carbons (Fsp3) is 0.273. The predicted octanol–water partition coefficient (Wildman–Crippen LogP) is 1.79. The summed E-state index contributed by atoms with van der Waals surface area (Å²) in [7, 11) is 0. The van der Waals surface area contributed by atoms with Gasteiger partial charge in [-0.25, -0.2) is 13.2 Å². The molecule has 1 aliphatic carbocycles. The normalized spacial score (nSPS) is 17.7. The van der Waals surface area contributed by atoms with Gasteiger partial charge in [-0.3, -0.25) is 9.59 Å². The van der Waals surface area contributed by atoms with E-state index in [-0.39, 0.29) is 24.2 Å². The monoisotopic (exact) mass is 244 g/mol. The van der Waals surface area contributed by atoms with Crippen LogP contribution in [0.2, 0.25) is 0 Å². The van der Waals surface area contributed by atoms with Crippen molar-refractivity contribution in [1.82, 2.24) is 0 Å². The Bertz CT molecular complexity index is 494. The molecule has 3 nitrogen and oxygen atoms in total. The Labute approximate surface area is 93.9 Å². The van der Waals surface area contributed by atoms with Gasteiger partial charge in [-0.05, 0) is 17.7 Å². The van der Waals surface area contributed by atoms with E-state index in [1.165, 1.54) is 0 Å². The highest BCUT2D eigenvalue weighted by Crippen LogP contribution is 2.42. The van der Waals surface area contributed by atoms with Crippen LogP contribution >= 0.6 is 0 Å². The van der Waals surface area contributed by atoms with E-state index in [1.807, 2.05) is 0 Å². The molecule has 0 aromatic heterocycles. The second kappa shape index (κ2) is 3.58. The Hall–Kier alpha value is -1.85. The van der Waals surface area contributed by atoms with Crippen LogP contribution in [0.5, 0.6) is 0 Å². The lowest BCUT2D eigenvalue weighted by Gasteiger charge is -2.36. The molecule has 0 unspecified atom stereocenters. The highest BCUT2D eigenvalue weighted by Gasteiger charge is 2.52.